The molecule has 0 amide bonds. The van der Waals surface area contributed by atoms with E-state index in [0.29, 0.717) is 17.3 Å². The Morgan fingerprint density at radius 3 is 2.45 bits per heavy atom. The second kappa shape index (κ2) is 4.92. The molecule has 20 heavy (non-hydrogen) atoms. The predicted molar refractivity (Wildman–Crippen MR) is 68.6 cm³/mol. The fourth-order valence-electron chi connectivity index (χ4n) is 1.68. The zero-order valence-electron chi connectivity index (χ0n) is 11.5. The van der Waals surface area contributed by atoms with Crippen molar-refractivity contribution in [2.45, 2.75) is 38.8 Å². The maximum absolute atomic E-state index is 12.1. The predicted octanol–water partition coefficient (Wildman–Crippen LogP) is 2.79. The van der Waals surface area contributed by atoms with Crippen LogP contribution in [-0.2, 0) is 5.41 Å². The Labute approximate surface area is 114 Å². The Morgan fingerprint density at radius 2 is 1.85 bits per heavy atom. The Morgan fingerprint density at radius 1 is 1.15 bits per heavy atom. The number of nitrogens with one attached hydrogen (secondary N) is 1. The molecule has 2 heterocycles. The lowest BCUT2D eigenvalue weighted by Gasteiger charge is -2.15. The fourth-order valence-corrected chi connectivity index (χ4v) is 1.68. The fraction of sp³-hybridized carbons (Fsp3) is 0.583. The van der Waals surface area contributed by atoms with Gasteiger partial charge in [-0.2, -0.15) is 17.7 Å². The summed E-state index contributed by atoms with van der Waals surface area (Å²) < 4.78 is 37.8. The third-order valence-electron chi connectivity index (χ3n) is 2.65. The molecule has 8 heteroatoms. The minimum Gasteiger partial charge on any atom is -0.368 e. The molecule has 2 aromatic rings. The van der Waals surface area contributed by atoms with Crippen molar-refractivity contribution in [3.8, 4) is 0 Å². The minimum absolute atomic E-state index is 0.213. The van der Waals surface area contributed by atoms with Gasteiger partial charge in [0.25, 0.3) is 0 Å². The van der Waals surface area contributed by atoms with Gasteiger partial charge in [-0.05, 0) is 12.1 Å². The van der Waals surface area contributed by atoms with Crippen LogP contribution in [0.15, 0.2) is 12.1 Å². The lowest BCUT2D eigenvalue weighted by Crippen LogP contribution is -2.18. The van der Waals surface area contributed by atoms with E-state index in [9.17, 15) is 13.2 Å². The van der Waals surface area contributed by atoms with Crippen LogP contribution in [-0.4, -0.2) is 32.5 Å². The quantitative estimate of drug-likeness (QED) is 0.943. The molecule has 1 N–H and O–H groups in total. The molecular weight excluding hydrogens is 271 g/mol. The Kier molecular flexibility index (Phi) is 3.58. The standard InChI is InChI=1S/C12H16F3N5/c1-11(2,3)10-18-17-9-5-4-8(19-20(9)10)16-7-6-12(13,14)15/h4-5H,6-7H2,1-3H3,(H,16,19). The highest BCUT2D eigenvalue weighted by atomic mass is 19.4. The second-order valence-electron chi connectivity index (χ2n) is 5.55. The van der Waals surface area contributed by atoms with Gasteiger partial charge in [-0.15, -0.1) is 15.3 Å². The maximum atomic E-state index is 12.1. The maximum Gasteiger partial charge on any atom is 0.390 e. The average molecular weight is 287 g/mol. The number of alkyl halides is 3. The second-order valence-corrected chi connectivity index (χ2v) is 5.55. The van der Waals surface area contributed by atoms with Crippen LogP contribution in [0.5, 0.6) is 0 Å². The summed E-state index contributed by atoms with van der Waals surface area (Å²) in [5.41, 5.74) is 0.313. The van der Waals surface area contributed by atoms with Crippen LogP contribution in [0.25, 0.3) is 5.65 Å². The molecule has 0 saturated carbocycles. The summed E-state index contributed by atoms with van der Waals surface area (Å²) in [5.74, 6) is 1.03. The van der Waals surface area contributed by atoms with Crippen molar-refractivity contribution in [2.24, 2.45) is 0 Å². The molecule has 0 bridgehead atoms. The molecule has 0 saturated heterocycles. The zero-order chi connectivity index (χ0) is 15.0. The van der Waals surface area contributed by atoms with Gasteiger partial charge in [0, 0.05) is 12.0 Å². The van der Waals surface area contributed by atoms with E-state index in [1.165, 1.54) is 0 Å². The van der Waals surface area contributed by atoms with E-state index in [2.05, 4.69) is 20.6 Å². The van der Waals surface area contributed by atoms with Crippen LogP contribution in [0.2, 0.25) is 0 Å². The van der Waals surface area contributed by atoms with Crippen LogP contribution in [0.1, 0.15) is 33.0 Å². The molecular formula is C12H16F3N5. The van der Waals surface area contributed by atoms with Crippen molar-refractivity contribution < 1.29 is 13.2 Å². The highest BCUT2D eigenvalue weighted by molar-refractivity contribution is 5.44. The molecule has 110 valence electrons. The summed E-state index contributed by atoms with van der Waals surface area (Å²) in [6, 6.07) is 3.26. The number of rotatable bonds is 3. The van der Waals surface area contributed by atoms with Crippen LogP contribution < -0.4 is 5.32 Å². The molecule has 2 aromatic heterocycles. The number of halogens is 3. The Bertz CT molecular complexity index is 597. The third kappa shape index (κ3) is 3.37. The number of hydrogen-bond acceptors (Lipinski definition) is 4. The van der Waals surface area contributed by atoms with Gasteiger partial charge in [0.2, 0.25) is 0 Å². The normalized spacial score (nSPS) is 12.9. The third-order valence-corrected chi connectivity index (χ3v) is 2.65. The van der Waals surface area contributed by atoms with E-state index in [1.807, 2.05) is 20.8 Å². The van der Waals surface area contributed by atoms with Gasteiger partial charge in [-0.1, -0.05) is 20.8 Å². The number of anilines is 1. The van der Waals surface area contributed by atoms with Gasteiger partial charge in [0.15, 0.2) is 11.5 Å². The average Bonchev–Trinajstić information content (AvgIpc) is 2.69. The first-order valence-corrected chi connectivity index (χ1v) is 6.20. The first-order chi connectivity index (χ1) is 9.17. The van der Waals surface area contributed by atoms with Gasteiger partial charge in [-0.3, -0.25) is 0 Å². The van der Waals surface area contributed by atoms with Gasteiger partial charge in [0.1, 0.15) is 5.82 Å². The molecule has 0 aliphatic heterocycles. The van der Waals surface area contributed by atoms with Crippen molar-refractivity contribution in [1.82, 2.24) is 19.8 Å². The SMILES string of the molecule is CC(C)(C)c1nnc2ccc(NCCC(F)(F)F)nn12. The summed E-state index contributed by atoms with van der Waals surface area (Å²) in [5, 5.41) is 14.9. The Balaban J connectivity index is 2.20. The summed E-state index contributed by atoms with van der Waals surface area (Å²) in [4.78, 5) is 0. The minimum atomic E-state index is -4.18. The number of fused-ring (bicyclic) bond motifs is 1. The summed E-state index contributed by atoms with van der Waals surface area (Å²) in [7, 11) is 0. The first kappa shape index (κ1) is 14.5. The van der Waals surface area contributed by atoms with Gasteiger partial charge < -0.3 is 5.32 Å². The van der Waals surface area contributed by atoms with E-state index in [-0.39, 0.29) is 12.0 Å². The largest absolute Gasteiger partial charge is 0.390 e. The molecule has 0 fully saturated rings. The van der Waals surface area contributed by atoms with Crippen molar-refractivity contribution >= 4 is 11.5 Å². The van der Waals surface area contributed by atoms with Crippen molar-refractivity contribution in [1.29, 1.82) is 0 Å². The van der Waals surface area contributed by atoms with E-state index in [4.69, 9.17) is 0 Å². The molecule has 0 atom stereocenters. The first-order valence-electron chi connectivity index (χ1n) is 6.20. The molecule has 0 unspecified atom stereocenters. The topological polar surface area (TPSA) is 55.1 Å². The van der Waals surface area contributed by atoms with Crippen LogP contribution in [0, 0.1) is 0 Å². The molecule has 0 radical (unpaired) electrons. The van der Waals surface area contributed by atoms with Crippen LogP contribution in [0.4, 0.5) is 19.0 Å². The number of nitrogens with zero attached hydrogens (tertiary/aromatic N) is 4. The molecule has 0 aliphatic rings. The van der Waals surface area contributed by atoms with Crippen LogP contribution in [0.3, 0.4) is 0 Å². The lowest BCUT2D eigenvalue weighted by molar-refractivity contribution is -0.131. The molecule has 0 aromatic carbocycles. The highest BCUT2D eigenvalue weighted by Gasteiger charge is 2.26. The summed E-state index contributed by atoms with van der Waals surface area (Å²) in [6.45, 7) is 5.69. The number of hydrogen-bond donors (Lipinski definition) is 1. The molecule has 2 rings (SSSR count). The van der Waals surface area contributed by atoms with Gasteiger partial charge in [0.05, 0.1) is 6.42 Å². The highest BCUT2D eigenvalue weighted by Crippen LogP contribution is 2.21. The monoisotopic (exact) mass is 287 g/mol. The molecule has 0 spiro atoms. The lowest BCUT2D eigenvalue weighted by atomic mass is 9.96. The molecule has 5 nitrogen and oxygen atoms in total. The zero-order valence-corrected chi connectivity index (χ0v) is 11.5. The van der Waals surface area contributed by atoms with Crippen molar-refractivity contribution in [3.63, 3.8) is 0 Å². The van der Waals surface area contributed by atoms with Crippen molar-refractivity contribution in [3.05, 3.63) is 18.0 Å². The van der Waals surface area contributed by atoms with E-state index in [0.717, 1.165) is 0 Å². The van der Waals surface area contributed by atoms with Gasteiger partial charge >= 0.3 is 6.18 Å². The summed E-state index contributed by atoms with van der Waals surface area (Å²) in [6.07, 6.45) is -5.08. The van der Waals surface area contributed by atoms with E-state index >= 15 is 0 Å². The van der Waals surface area contributed by atoms with Gasteiger partial charge in [-0.25, -0.2) is 0 Å². The summed E-state index contributed by atoms with van der Waals surface area (Å²) >= 11 is 0. The Hall–Kier alpha value is -1.86. The van der Waals surface area contributed by atoms with E-state index in [1.54, 1.807) is 16.6 Å². The number of aromatic nitrogens is 4. The van der Waals surface area contributed by atoms with E-state index < -0.39 is 12.6 Å². The molecule has 0 aliphatic carbocycles. The van der Waals surface area contributed by atoms with Crippen LogP contribution >= 0.6 is 0 Å². The van der Waals surface area contributed by atoms with Crippen molar-refractivity contribution in [2.75, 3.05) is 11.9 Å². The smallest absolute Gasteiger partial charge is 0.368 e.